The Labute approximate surface area is 118 Å². The van der Waals surface area contributed by atoms with Crippen LogP contribution in [0.5, 0.6) is 0 Å². The van der Waals surface area contributed by atoms with Gasteiger partial charge in [0.25, 0.3) is 0 Å². The van der Waals surface area contributed by atoms with E-state index in [2.05, 4.69) is 10.6 Å². The van der Waals surface area contributed by atoms with E-state index in [1.807, 2.05) is 30.3 Å². The zero-order valence-corrected chi connectivity index (χ0v) is 11.4. The number of carbonyl (C=O) groups excluding carboxylic acids is 2. The van der Waals surface area contributed by atoms with Crippen LogP contribution in [0.15, 0.2) is 30.3 Å². The van der Waals surface area contributed by atoms with E-state index in [-0.39, 0.29) is 12.5 Å². The number of nitrogens with one attached hydrogen (secondary N) is 2. The van der Waals surface area contributed by atoms with Gasteiger partial charge in [-0.25, -0.2) is 4.79 Å². The maximum atomic E-state index is 11.4. The molecule has 1 aromatic rings. The second-order valence-corrected chi connectivity index (χ2v) is 4.93. The molecule has 1 aromatic carbocycles. The summed E-state index contributed by atoms with van der Waals surface area (Å²) in [5.74, 6) is 0.0620. The standard InChI is InChI=1S/C15H20N2O3/c18-14(17-13-8-9-13)7-4-10-16-15(19)20-11-12-5-2-1-3-6-12/h1-3,5-6,13H,4,7-11H2,(H,16,19)(H,17,18). The molecule has 0 aliphatic heterocycles. The van der Waals surface area contributed by atoms with Gasteiger partial charge in [-0.05, 0) is 24.8 Å². The Morgan fingerprint density at radius 2 is 1.95 bits per heavy atom. The van der Waals surface area contributed by atoms with Gasteiger partial charge in [0.05, 0.1) is 0 Å². The summed E-state index contributed by atoms with van der Waals surface area (Å²) in [6.45, 7) is 0.709. The van der Waals surface area contributed by atoms with Gasteiger partial charge in [-0.2, -0.15) is 0 Å². The fourth-order valence-electron chi connectivity index (χ4n) is 1.74. The SMILES string of the molecule is O=C(CCCNC(=O)OCc1ccccc1)NC1CC1. The number of ether oxygens (including phenoxy) is 1. The molecule has 5 heteroatoms. The summed E-state index contributed by atoms with van der Waals surface area (Å²) in [5.41, 5.74) is 0.950. The van der Waals surface area contributed by atoms with Crippen LogP contribution in [-0.4, -0.2) is 24.6 Å². The first-order valence-electron chi connectivity index (χ1n) is 6.98. The zero-order chi connectivity index (χ0) is 14.2. The minimum absolute atomic E-state index is 0.0620. The molecule has 0 saturated heterocycles. The van der Waals surface area contributed by atoms with E-state index >= 15 is 0 Å². The van der Waals surface area contributed by atoms with Crippen LogP contribution in [0, 0.1) is 0 Å². The molecule has 2 rings (SSSR count). The first kappa shape index (κ1) is 14.4. The molecule has 0 spiro atoms. The molecular weight excluding hydrogens is 256 g/mol. The highest BCUT2D eigenvalue weighted by Crippen LogP contribution is 2.18. The Morgan fingerprint density at radius 1 is 1.20 bits per heavy atom. The van der Waals surface area contributed by atoms with Crippen molar-refractivity contribution in [3.05, 3.63) is 35.9 Å². The molecule has 1 aliphatic rings. The number of hydrogen-bond donors (Lipinski definition) is 2. The first-order valence-corrected chi connectivity index (χ1v) is 6.98. The highest BCUT2D eigenvalue weighted by molar-refractivity contribution is 5.76. The Kier molecular flexibility index (Phi) is 5.41. The summed E-state index contributed by atoms with van der Waals surface area (Å²) in [6, 6.07) is 9.90. The molecule has 0 unspecified atom stereocenters. The Morgan fingerprint density at radius 3 is 2.65 bits per heavy atom. The van der Waals surface area contributed by atoms with Gasteiger partial charge in [0, 0.05) is 19.0 Å². The lowest BCUT2D eigenvalue weighted by Crippen LogP contribution is -2.28. The van der Waals surface area contributed by atoms with Crippen molar-refractivity contribution >= 4 is 12.0 Å². The van der Waals surface area contributed by atoms with Crippen LogP contribution in [0.1, 0.15) is 31.2 Å². The Hall–Kier alpha value is -2.04. The van der Waals surface area contributed by atoms with Crippen LogP contribution in [0.25, 0.3) is 0 Å². The number of hydrogen-bond acceptors (Lipinski definition) is 3. The van der Waals surface area contributed by atoms with Crippen molar-refractivity contribution in [1.82, 2.24) is 10.6 Å². The van der Waals surface area contributed by atoms with Gasteiger partial charge in [-0.3, -0.25) is 4.79 Å². The van der Waals surface area contributed by atoms with Crippen LogP contribution in [0.4, 0.5) is 4.79 Å². The second-order valence-electron chi connectivity index (χ2n) is 4.93. The molecule has 2 amide bonds. The van der Waals surface area contributed by atoms with Gasteiger partial charge < -0.3 is 15.4 Å². The summed E-state index contributed by atoms with van der Waals surface area (Å²) < 4.78 is 5.06. The molecule has 5 nitrogen and oxygen atoms in total. The van der Waals surface area contributed by atoms with Crippen molar-refractivity contribution in [2.24, 2.45) is 0 Å². The molecule has 0 atom stereocenters. The predicted molar refractivity (Wildman–Crippen MR) is 75.0 cm³/mol. The van der Waals surface area contributed by atoms with E-state index in [1.54, 1.807) is 0 Å². The monoisotopic (exact) mass is 276 g/mol. The minimum Gasteiger partial charge on any atom is -0.445 e. The van der Waals surface area contributed by atoms with E-state index in [9.17, 15) is 9.59 Å². The van der Waals surface area contributed by atoms with Gasteiger partial charge in [0.15, 0.2) is 0 Å². The number of amides is 2. The molecular formula is C15H20N2O3. The lowest BCUT2D eigenvalue weighted by molar-refractivity contribution is -0.121. The fraction of sp³-hybridized carbons (Fsp3) is 0.467. The molecule has 0 aromatic heterocycles. The number of rotatable bonds is 7. The number of benzene rings is 1. The predicted octanol–water partition coefficient (Wildman–Crippen LogP) is 1.97. The quantitative estimate of drug-likeness (QED) is 0.748. The van der Waals surface area contributed by atoms with Gasteiger partial charge in [0.1, 0.15) is 6.61 Å². The summed E-state index contributed by atoms with van der Waals surface area (Å²) >= 11 is 0. The van der Waals surface area contributed by atoms with Crippen molar-refractivity contribution in [3.8, 4) is 0 Å². The average molecular weight is 276 g/mol. The number of carbonyl (C=O) groups is 2. The highest BCUT2D eigenvalue weighted by Gasteiger charge is 2.22. The maximum absolute atomic E-state index is 11.4. The van der Waals surface area contributed by atoms with Crippen molar-refractivity contribution in [3.63, 3.8) is 0 Å². The van der Waals surface area contributed by atoms with Crippen LogP contribution < -0.4 is 10.6 Å². The lowest BCUT2D eigenvalue weighted by atomic mass is 10.2. The Balaban J connectivity index is 1.50. The third kappa shape index (κ3) is 5.73. The molecule has 0 radical (unpaired) electrons. The smallest absolute Gasteiger partial charge is 0.407 e. The van der Waals surface area contributed by atoms with Crippen molar-refractivity contribution in [2.45, 2.75) is 38.3 Å². The van der Waals surface area contributed by atoms with Crippen LogP contribution >= 0.6 is 0 Å². The van der Waals surface area contributed by atoms with Crippen molar-refractivity contribution in [1.29, 1.82) is 0 Å². The molecule has 2 N–H and O–H groups in total. The molecule has 1 aliphatic carbocycles. The summed E-state index contributed by atoms with van der Waals surface area (Å²) in [5, 5.41) is 5.54. The largest absolute Gasteiger partial charge is 0.445 e. The molecule has 1 saturated carbocycles. The number of alkyl carbamates (subject to hydrolysis) is 1. The Bertz CT molecular complexity index is 444. The van der Waals surface area contributed by atoms with Crippen LogP contribution in [0.3, 0.4) is 0 Å². The van der Waals surface area contributed by atoms with Gasteiger partial charge in [0.2, 0.25) is 5.91 Å². The average Bonchev–Trinajstić information content (AvgIpc) is 3.26. The first-order chi connectivity index (χ1) is 9.74. The van der Waals surface area contributed by atoms with Gasteiger partial charge in [-0.1, -0.05) is 30.3 Å². The van der Waals surface area contributed by atoms with Gasteiger partial charge >= 0.3 is 6.09 Å². The second kappa shape index (κ2) is 7.53. The minimum atomic E-state index is -0.448. The van der Waals surface area contributed by atoms with E-state index in [0.717, 1.165) is 18.4 Å². The molecule has 20 heavy (non-hydrogen) atoms. The summed E-state index contributed by atoms with van der Waals surface area (Å²) in [6.07, 6.45) is 2.80. The molecule has 0 heterocycles. The van der Waals surface area contributed by atoms with Crippen LogP contribution in [0.2, 0.25) is 0 Å². The van der Waals surface area contributed by atoms with Crippen LogP contribution in [-0.2, 0) is 16.1 Å². The summed E-state index contributed by atoms with van der Waals surface area (Å²) in [7, 11) is 0. The van der Waals surface area contributed by atoms with E-state index in [0.29, 0.717) is 25.4 Å². The molecule has 1 fully saturated rings. The van der Waals surface area contributed by atoms with Gasteiger partial charge in [-0.15, -0.1) is 0 Å². The van der Waals surface area contributed by atoms with Crippen molar-refractivity contribution < 1.29 is 14.3 Å². The van der Waals surface area contributed by atoms with Crippen molar-refractivity contribution in [2.75, 3.05) is 6.54 Å². The van der Waals surface area contributed by atoms with E-state index < -0.39 is 6.09 Å². The maximum Gasteiger partial charge on any atom is 0.407 e. The topological polar surface area (TPSA) is 67.4 Å². The third-order valence-corrected chi connectivity index (χ3v) is 3.01. The highest BCUT2D eigenvalue weighted by atomic mass is 16.5. The normalized spacial score (nSPS) is 13.6. The zero-order valence-electron chi connectivity index (χ0n) is 11.4. The fourth-order valence-corrected chi connectivity index (χ4v) is 1.74. The van der Waals surface area contributed by atoms with E-state index in [1.165, 1.54) is 0 Å². The lowest BCUT2D eigenvalue weighted by Gasteiger charge is -2.07. The molecule has 0 bridgehead atoms. The third-order valence-electron chi connectivity index (χ3n) is 3.01. The van der Waals surface area contributed by atoms with E-state index in [4.69, 9.17) is 4.74 Å². The summed E-state index contributed by atoms with van der Waals surface area (Å²) in [4.78, 5) is 22.8. The molecule has 108 valence electrons.